The Morgan fingerprint density at radius 1 is 1.57 bits per heavy atom. The molecule has 0 aromatic heterocycles. The third-order valence-electron chi connectivity index (χ3n) is 0.474. The molecule has 0 aromatic carbocycles. The van der Waals surface area contributed by atoms with E-state index in [1.165, 1.54) is 0 Å². The van der Waals surface area contributed by atoms with Gasteiger partial charge in [-0.3, -0.25) is 0 Å². The van der Waals surface area contributed by atoms with Crippen LogP contribution in [0.15, 0.2) is 0 Å². The zero-order valence-electron chi connectivity index (χ0n) is 4.74. The monoisotopic (exact) mass is 217 g/mol. The average molecular weight is 217 g/mol. The number of hydrogen-bond acceptors (Lipinski definition) is 2. The molecular formula is C4H12INO. The second-order valence-electron chi connectivity index (χ2n) is 1.36. The Hall–Kier alpha value is 0.650. The molecule has 0 heterocycles. The number of rotatable bonds is 3. The van der Waals surface area contributed by atoms with Crippen molar-refractivity contribution in [1.29, 1.82) is 0 Å². The summed E-state index contributed by atoms with van der Waals surface area (Å²) in [7, 11) is 0. The zero-order chi connectivity index (χ0) is 5.70. The van der Waals surface area contributed by atoms with E-state index in [0.29, 0.717) is 0 Å². The van der Waals surface area contributed by atoms with Crippen LogP contribution in [-0.2, 0) is 0 Å². The van der Waals surface area contributed by atoms with Crippen LogP contribution in [0.2, 0.25) is 0 Å². The molecule has 0 rings (SSSR count). The molecule has 3 heteroatoms. The summed E-state index contributed by atoms with van der Waals surface area (Å²) < 4.78 is 3.20. The number of halogens is 1. The summed E-state index contributed by atoms with van der Waals surface area (Å²) in [6, 6.07) is 0. The van der Waals surface area contributed by atoms with E-state index >= 15 is 0 Å². The van der Waals surface area contributed by atoms with Crippen molar-refractivity contribution in [3.63, 3.8) is 0 Å². The Morgan fingerprint density at radius 3 is 2.29 bits per heavy atom. The molecule has 0 aliphatic heterocycles. The minimum absolute atomic E-state index is 0.273. The SMILES string of the molecule is CI(C)NCCO. The number of alkyl halides is 2. The molecule has 2 nitrogen and oxygen atoms in total. The molecule has 0 aromatic rings. The molecule has 46 valence electrons. The zero-order valence-corrected chi connectivity index (χ0v) is 6.90. The first-order valence-electron chi connectivity index (χ1n) is 2.11. The maximum absolute atomic E-state index is 8.28. The molecule has 0 aliphatic rings. The Labute approximate surface area is 52.0 Å². The second kappa shape index (κ2) is 4.80. The molecule has 0 saturated carbocycles. The fourth-order valence-electron chi connectivity index (χ4n) is 0.231. The summed E-state index contributed by atoms with van der Waals surface area (Å²) in [5.74, 6) is 0. The van der Waals surface area contributed by atoms with Gasteiger partial charge in [-0.05, 0) is 0 Å². The van der Waals surface area contributed by atoms with Gasteiger partial charge in [-0.1, -0.05) is 0 Å². The molecule has 0 saturated heterocycles. The van der Waals surface area contributed by atoms with Crippen LogP contribution in [-0.4, -0.2) is 28.1 Å². The Balaban J connectivity index is 2.68. The van der Waals surface area contributed by atoms with Gasteiger partial charge in [-0.15, -0.1) is 0 Å². The Morgan fingerprint density at radius 2 is 2.14 bits per heavy atom. The van der Waals surface area contributed by atoms with E-state index in [2.05, 4.69) is 13.4 Å². The quantitative estimate of drug-likeness (QED) is 0.403. The molecule has 0 bridgehead atoms. The van der Waals surface area contributed by atoms with Gasteiger partial charge >= 0.3 is 51.7 Å². The van der Waals surface area contributed by atoms with E-state index in [9.17, 15) is 0 Å². The van der Waals surface area contributed by atoms with Crippen LogP contribution >= 0.6 is 20.1 Å². The van der Waals surface area contributed by atoms with Crippen molar-refractivity contribution in [2.24, 2.45) is 0 Å². The minimum atomic E-state index is -0.738. The van der Waals surface area contributed by atoms with E-state index < -0.39 is 20.1 Å². The molecule has 0 spiro atoms. The third kappa shape index (κ3) is 6.65. The first-order valence-corrected chi connectivity index (χ1v) is 7.51. The van der Waals surface area contributed by atoms with Gasteiger partial charge in [0.25, 0.3) is 0 Å². The van der Waals surface area contributed by atoms with E-state index in [1.807, 2.05) is 0 Å². The van der Waals surface area contributed by atoms with Crippen molar-refractivity contribution in [3.05, 3.63) is 0 Å². The molecule has 0 unspecified atom stereocenters. The predicted octanol–water partition coefficient (Wildman–Crippen LogP) is 0.249. The van der Waals surface area contributed by atoms with Crippen molar-refractivity contribution in [2.75, 3.05) is 23.0 Å². The van der Waals surface area contributed by atoms with Gasteiger partial charge in [0.1, 0.15) is 0 Å². The fraction of sp³-hybridized carbons (Fsp3) is 1.00. The molecule has 0 atom stereocenters. The Bertz CT molecular complexity index is 40.7. The van der Waals surface area contributed by atoms with Crippen LogP contribution in [0.3, 0.4) is 0 Å². The van der Waals surface area contributed by atoms with Gasteiger partial charge in [0.2, 0.25) is 0 Å². The van der Waals surface area contributed by atoms with Crippen molar-refractivity contribution in [3.8, 4) is 0 Å². The van der Waals surface area contributed by atoms with E-state index in [-0.39, 0.29) is 6.61 Å². The number of aliphatic hydroxyl groups excluding tert-OH is 1. The normalized spacial score (nSPS) is 11.6. The van der Waals surface area contributed by atoms with Gasteiger partial charge in [-0.25, -0.2) is 0 Å². The summed E-state index contributed by atoms with van der Waals surface area (Å²) in [5.41, 5.74) is 0. The predicted molar refractivity (Wildman–Crippen MR) is 41.0 cm³/mol. The van der Waals surface area contributed by atoms with Crippen molar-refractivity contribution in [1.82, 2.24) is 3.53 Å². The second-order valence-corrected chi connectivity index (χ2v) is 6.44. The molecule has 2 N–H and O–H groups in total. The molecular weight excluding hydrogens is 205 g/mol. The number of aliphatic hydroxyl groups is 1. The molecule has 0 aliphatic carbocycles. The molecule has 0 fully saturated rings. The van der Waals surface area contributed by atoms with Crippen LogP contribution < -0.4 is 3.53 Å². The first kappa shape index (κ1) is 7.65. The van der Waals surface area contributed by atoms with Gasteiger partial charge in [-0.2, -0.15) is 0 Å². The average Bonchev–Trinajstić information content (AvgIpc) is 1.61. The van der Waals surface area contributed by atoms with E-state index in [0.717, 1.165) is 6.54 Å². The van der Waals surface area contributed by atoms with Gasteiger partial charge < -0.3 is 0 Å². The summed E-state index contributed by atoms with van der Waals surface area (Å²) in [5, 5.41) is 8.28. The van der Waals surface area contributed by atoms with Crippen molar-refractivity contribution in [2.45, 2.75) is 0 Å². The summed E-state index contributed by atoms with van der Waals surface area (Å²) >= 11 is -0.738. The van der Waals surface area contributed by atoms with Crippen molar-refractivity contribution >= 4 is 20.1 Å². The standard InChI is InChI=1S/C4H12INO/c1-5(2)6-3-4-7/h6-7H,3-4H2,1-2H3. The van der Waals surface area contributed by atoms with E-state index in [1.54, 1.807) is 0 Å². The topological polar surface area (TPSA) is 32.3 Å². The van der Waals surface area contributed by atoms with Crippen LogP contribution in [0.1, 0.15) is 0 Å². The van der Waals surface area contributed by atoms with Gasteiger partial charge in [0.15, 0.2) is 0 Å². The van der Waals surface area contributed by atoms with Crippen molar-refractivity contribution < 1.29 is 5.11 Å². The summed E-state index contributed by atoms with van der Waals surface area (Å²) in [4.78, 5) is 4.42. The van der Waals surface area contributed by atoms with Crippen LogP contribution in [0.25, 0.3) is 0 Å². The first-order chi connectivity index (χ1) is 3.27. The summed E-state index contributed by atoms with van der Waals surface area (Å²) in [6.07, 6.45) is 0. The third-order valence-corrected chi connectivity index (χ3v) is 2.54. The maximum atomic E-state index is 8.28. The fourth-order valence-corrected chi connectivity index (χ4v) is 1.55. The van der Waals surface area contributed by atoms with Crippen LogP contribution in [0.5, 0.6) is 0 Å². The number of nitrogens with one attached hydrogen (secondary N) is 1. The Kier molecular flexibility index (Phi) is 5.25. The van der Waals surface area contributed by atoms with Gasteiger partial charge in [0, 0.05) is 0 Å². The number of hydrogen-bond donors (Lipinski definition) is 2. The van der Waals surface area contributed by atoms with Gasteiger partial charge in [0.05, 0.1) is 0 Å². The molecule has 0 radical (unpaired) electrons. The summed E-state index contributed by atoms with van der Waals surface area (Å²) in [6.45, 7) is 1.05. The van der Waals surface area contributed by atoms with E-state index in [4.69, 9.17) is 5.11 Å². The molecule has 7 heavy (non-hydrogen) atoms. The van der Waals surface area contributed by atoms with Crippen LogP contribution in [0, 0.1) is 0 Å². The molecule has 0 amide bonds. The van der Waals surface area contributed by atoms with Crippen LogP contribution in [0.4, 0.5) is 0 Å².